The molecule has 0 saturated carbocycles. The molecule has 0 aromatic heterocycles. The minimum atomic E-state index is -0.380. The zero-order valence-electron chi connectivity index (χ0n) is 13.6. The van der Waals surface area contributed by atoms with Crippen molar-refractivity contribution in [3.05, 3.63) is 59.7 Å². The van der Waals surface area contributed by atoms with Crippen LogP contribution >= 0.6 is 0 Å². The van der Waals surface area contributed by atoms with E-state index in [1.807, 2.05) is 31.2 Å². The zero-order valence-corrected chi connectivity index (χ0v) is 13.6. The van der Waals surface area contributed by atoms with E-state index in [0.717, 1.165) is 6.42 Å². The fourth-order valence-corrected chi connectivity index (χ4v) is 2.01. The summed E-state index contributed by atoms with van der Waals surface area (Å²) in [5, 5.41) is 0. The Balaban J connectivity index is 1.88. The van der Waals surface area contributed by atoms with Gasteiger partial charge in [0.05, 0.1) is 12.2 Å². The third kappa shape index (κ3) is 5.42. The number of carbonyl (C=O) groups excluding carboxylic acids is 1. The van der Waals surface area contributed by atoms with Crippen molar-refractivity contribution >= 4 is 5.97 Å². The molecular formula is C19H22O4. The number of carbonyl (C=O) groups is 1. The first kappa shape index (κ1) is 17.0. The Labute approximate surface area is 137 Å². The summed E-state index contributed by atoms with van der Waals surface area (Å²) in [4.78, 5) is 12.1. The van der Waals surface area contributed by atoms with Gasteiger partial charge in [0.1, 0.15) is 18.1 Å². The van der Waals surface area contributed by atoms with E-state index in [4.69, 9.17) is 14.2 Å². The molecule has 0 atom stereocenters. The molecule has 0 saturated heterocycles. The summed E-state index contributed by atoms with van der Waals surface area (Å²) in [6.07, 6.45) is 0.957. The molecule has 0 aliphatic heterocycles. The highest BCUT2D eigenvalue weighted by molar-refractivity contribution is 5.91. The lowest BCUT2D eigenvalue weighted by molar-refractivity contribution is 0.0734. The van der Waals surface area contributed by atoms with Crippen molar-refractivity contribution in [2.45, 2.75) is 20.3 Å². The number of hydrogen-bond acceptors (Lipinski definition) is 4. The third-order valence-electron chi connectivity index (χ3n) is 3.33. The summed E-state index contributed by atoms with van der Waals surface area (Å²) in [5.74, 6) is 0.868. The first-order chi connectivity index (χ1) is 11.2. The molecule has 0 bridgehead atoms. The van der Waals surface area contributed by atoms with Gasteiger partial charge in [0.25, 0.3) is 0 Å². The smallest absolute Gasteiger partial charge is 0.343 e. The second kappa shape index (κ2) is 8.96. The lowest BCUT2D eigenvalue weighted by Crippen LogP contribution is -2.09. The highest BCUT2D eigenvalue weighted by atomic mass is 16.5. The summed E-state index contributed by atoms with van der Waals surface area (Å²) in [7, 11) is 0. The maximum atomic E-state index is 12.1. The molecule has 0 N–H and O–H groups in total. The van der Waals surface area contributed by atoms with Crippen LogP contribution in [0.4, 0.5) is 0 Å². The fourth-order valence-electron chi connectivity index (χ4n) is 2.01. The minimum absolute atomic E-state index is 0.380. The molecule has 0 aliphatic carbocycles. The molecule has 0 fully saturated rings. The van der Waals surface area contributed by atoms with Gasteiger partial charge in [-0.3, -0.25) is 0 Å². The number of benzene rings is 2. The van der Waals surface area contributed by atoms with Crippen LogP contribution in [-0.2, 0) is 11.2 Å². The van der Waals surface area contributed by atoms with Gasteiger partial charge in [-0.15, -0.1) is 0 Å². The van der Waals surface area contributed by atoms with Crippen molar-refractivity contribution in [2.75, 3.05) is 19.8 Å². The average Bonchev–Trinajstić information content (AvgIpc) is 2.60. The fraction of sp³-hybridized carbons (Fsp3) is 0.316. The van der Waals surface area contributed by atoms with E-state index < -0.39 is 0 Å². The van der Waals surface area contributed by atoms with Gasteiger partial charge in [-0.25, -0.2) is 4.79 Å². The lowest BCUT2D eigenvalue weighted by Gasteiger charge is -2.08. The normalized spacial score (nSPS) is 10.3. The second-order valence-corrected chi connectivity index (χ2v) is 4.96. The first-order valence-corrected chi connectivity index (χ1v) is 7.84. The number of hydrogen-bond donors (Lipinski definition) is 0. The Morgan fingerprint density at radius 1 is 0.870 bits per heavy atom. The Morgan fingerprint density at radius 3 is 2.13 bits per heavy atom. The van der Waals surface area contributed by atoms with Gasteiger partial charge in [-0.05, 0) is 55.3 Å². The van der Waals surface area contributed by atoms with Crippen molar-refractivity contribution in [3.8, 4) is 11.5 Å². The average molecular weight is 314 g/mol. The minimum Gasteiger partial charge on any atom is -0.491 e. The molecule has 2 rings (SSSR count). The van der Waals surface area contributed by atoms with E-state index in [2.05, 4.69) is 6.92 Å². The predicted molar refractivity (Wildman–Crippen MR) is 89.2 cm³/mol. The molecule has 0 radical (unpaired) electrons. The Hall–Kier alpha value is -2.33. The first-order valence-electron chi connectivity index (χ1n) is 7.84. The van der Waals surface area contributed by atoms with Crippen LogP contribution in [0.2, 0.25) is 0 Å². The second-order valence-electron chi connectivity index (χ2n) is 4.96. The number of esters is 1. The number of rotatable bonds is 8. The van der Waals surface area contributed by atoms with Crippen molar-refractivity contribution in [1.29, 1.82) is 0 Å². The van der Waals surface area contributed by atoms with Crippen molar-refractivity contribution in [2.24, 2.45) is 0 Å². The van der Waals surface area contributed by atoms with E-state index in [-0.39, 0.29) is 5.97 Å². The van der Waals surface area contributed by atoms with Crippen LogP contribution in [0.3, 0.4) is 0 Å². The van der Waals surface area contributed by atoms with Gasteiger partial charge in [0, 0.05) is 6.61 Å². The molecule has 23 heavy (non-hydrogen) atoms. The zero-order chi connectivity index (χ0) is 16.5. The topological polar surface area (TPSA) is 44.8 Å². The maximum absolute atomic E-state index is 12.1. The van der Waals surface area contributed by atoms with E-state index >= 15 is 0 Å². The Bertz CT molecular complexity index is 602. The van der Waals surface area contributed by atoms with Gasteiger partial charge in [-0.2, -0.15) is 0 Å². The van der Waals surface area contributed by atoms with Crippen molar-refractivity contribution in [1.82, 2.24) is 0 Å². The van der Waals surface area contributed by atoms with Gasteiger partial charge in [-0.1, -0.05) is 19.1 Å². The highest BCUT2D eigenvalue weighted by Gasteiger charge is 2.08. The molecule has 0 spiro atoms. The lowest BCUT2D eigenvalue weighted by atomic mass is 10.2. The van der Waals surface area contributed by atoms with Gasteiger partial charge in [0.15, 0.2) is 0 Å². The van der Waals surface area contributed by atoms with E-state index in [1.54, 1.807) is 24.3 Å². The third-order valence-corrected chi connectivity index (χ3v) is 3.33. The highest BCUT2D eigenvalue weighted by Crippen LogP contribution is 2.17. The standard InChI is InChI=1S/C19H22O4/c1-3-15-5-9-18(10-6-15)23-19(20)16-7-11-17(12-8-16)22-14-13-21-4-2/h5-12H,3-4,13-14H2,1-2H3. The molecule has 4 nitrogen and oxygen atoms in total. The monoisotopic (exact) mass is 314 g/mol. The Kier molecular flexibility index (Phi) is 6.63. The van der Waals surface area contributed by atoms with Crippen molar-refractivity contribution < 1.29 is 19.0 Å². The summed E-state index contributed by atoms with van der Waals surface area (Å²) in [6.45, 7) is 5.73. The van der Waals surface area contributed by atoms with Crippen LogP contribution < -0.4 is 9.47 Å². The predicted octanol–water partition coefficient (Wildman–Crippen LogP) is 3.88. The number of aryl methyl sites for hydroxylation is 1. The molecule has 2 aromatic carbocycles. The molecule has 0 aliphatic rings. The molecule has 0 amide bonds. The Morgan fingerprint density at radius 2 is 1.52 bits per heavy atom. The molecular weight excluding hydrogens is 292 g/mol. The van der Waals surface area contributed by atoms with Crippen LogP contribution in [0, 0.1) is 0 Å². The maximum Gasteiger partial charge on any atom is 0.343 e. The van der Waals surface area contributed by atoms with E-state index in [1.165, 1.54) is 5.56 Å². The van der Waals surface area contributed by atoms with Gasteiger partial charge in [0.2, 0.25) is 0 Å². The van der Waals surface area contributed by atoms with Gasteiger partial charge < -0.3 is 14.2 Å². The van der Waals surface area contributed by atoms with Crippen LogP contribution in [0.5, 0.6) is 11.5 Å². The molecule has 0 heterocycles. The SMILES string of the molecule is CCOCCOc1ccc(C(=O)Oc2ccc(CC)cc2)cc1. The molecule has 4 heteroatoms. The molecule has 0 unspecified atom stereocenters. The summed E-state index contributed by atoms with van der Waals surface area (Å²) < 4.78 is 16.1. The number of ether oxygens (including phenoxy) is 3. The van der Waals surface area contributed by atoms with Crippen LogP contribution in [-0.4, -0.2) is 25.8 Å². The summed E-state index contributed by atoms with van der Waals surface area (Å²) in [5.41, 5.74) is 1.69. The summed E-state index contributed by atoms with van der Waals surface area (Å²) >= 11 is 0. The summed E-state index contributed by atoms with van der Waals surface area (Å²) in [6, 6.07) is 14.4. The molecule has 2 aromatic rings. The van der Waals surface area contributed by atoms with Crippen molar-refractivity contribution in [3.63, 3.8) is 0 Å². The van der Waals surface area contributed by atoms with E-state index in [0.29, 0.717) is 36.9 Å². The van der Waals surface area contributed by atoms with Crippen LogP contribution in [0.25, 0.3) is 0 Å². The van der Waals surface area contributed by atoms with Crippen LogP contribution in [0.15, 0.2) is 48.5 Å². The largest absolute Gasteiger partial charge is 0.491 e. The van der Waals surface area contributed by atoms with Crippen LogP contribution in [0.1, 0.15) is 29.8 Å². The quantitative estimate of drug-likeness (QED) is 0.421. The molecule has 122 valence electrons. The van der Waals surface area contributed by atoms with Gasteiger partial charge >= 0.3 is 5.97 Å². The van der Waals surface area contributed by atoms with E-state index in [9.17, 15) is 4.79 Å².